The van der Waals surface area contributed by atoms with Crippen LogP contribution in [0.25, 0.3) is 0 Å². The second-order valence-corrected chi connectivity index (χ2v) is 9.97. The van der Waals surface area contributed by atoms with Gasteiger partial charge >= 0.3 is 0 Å². The van der Waals surface area contributed by atoms with Crippen LogP contribution in [0.2, 0.25) is 0 Å². The van der Waals surface area contributed by atoms with E-state index < -0.39 is 26.1 Å². The minimum absolute atomic E-state index is 0.206. The molecule has 0 radical (unpaired) electrons. The van der Waals surface area contributed by atoms with Gasteiger partial charge in [-0.05, 0) is 42.2 Å². The first kappa shape index (κ1) is 18.9. The predicted octanol–water partition coefficient (Wildman–Crippen LogP) is 2.44. The number of aryl methyl sites for hydroxylation is 1. The van der Waals surface area contributed by atoms with E-state index in [1.165, 1.54) is 4.31 Å². The quantitative estimate of drug-likeness (QED) is 0.844. The highest BCUT2D eigenvalue weighted by Crippen LogP contribution is 2.35. The predicted molar refractivity (Wildman–Crippen MR) is 102 cm³/mol. The summed E-state index contributed by atoms with van der Waals surface area (Å²) in [5, 5.41) is 0. The van der Waals surface area contributed by atoms with Gasteiger partial charge in [0.2, 0.25) is 20.0 Å². The van der Waals surface area contributed by atoms with E-state index in [0.29, 0.717) is 17.7 Å². The molecule has 0 bridgehead atoms. The number of rotatable bonds is 5. The highest BCUT2D eigenvalue weighted by Gasteiger charge is 2.32. The minimum Gasteiger partial charge on any atom is -0.270 e. The van der Waals surface area contributed by atoms with Crippen molar-refractivity contribution < 1.29 is 16.8 Å². The lowest BCUT2D eigenvalue weighted by atomic mass is 9.99. The molecule has 140 valence electrons. The second kappa shape index (κ2) is 7.02. The molecule has 3 rings (SSSR count). The summed E-state index contributed by atoms with van der Waals surface area (Å²) in [7, 11) is -7.11. The molecule has 6 nitrogen and oxygen atoms in total. The molecular formula is C18H22N2O4S2. The van der Waals surface area contributed by atoms with E-state index in [0.717, 1.165) is 18.2 Å². The molecule has 0 fully saturated rings. The molecule has 0 aliphatic carbocycles. The molecule has 2 aromatic carbocycles. The number of fused-ring (bicyclic) bond motifs is 1. The van der Waals surface area contributed by atoms with E-state index in [4.69, 9.17) is 0 Å². The van der Waals surface area contributed by atoms with Gasteiger partial charge in [-0.1, -0.05) is 37.3 Å². The lowest BCUT2D eigenvalue weighted by Gasteiger charge is -2.34. The van der Waals surface area contributed by atoms with Gasteiger partial charge in [0.15, 0.2) is 0 Å². The summed E-state index contributed by atoms with van der Waals surface area (Å²) in [6, 6.07) is 13.3. The van der Waals surface area contributed by atoms with E-state index in [1.807, 2.05) is 6.92 Å². The average Bonchev–Trinajstić information content (AvgIpc) is 2.61. The third kappa shape index (κ3) is 3.77. The fraction of sp³-hybridized carbons (Fsp3) is 0.333. The highest BCUT2D eigenvalue weighted by atomic mass is 32.2. The van der Waals surface area contributed by atoms with Gasteiger partial charge in [0.05, 0.1) is 22.9 Å². The Morgan fingerprint density at radius 2 is 1.69 bits per heavy atom. The zero-order valence-electron chi connectivity index (χ0n) is 14.7. The molecule has 1 aliphatic rings. The van der Waals surface area contributed by atoms with Gasteiger partial charge in [-0.25, -0.2) is 21.6 Å². The van der Waals surface area contributed by atoms with Crippen LogP contribution >= 0.6 is 0 Å². The van der Waals surface area contributed by atoms with E-state index in [1.54, 1.807) is 48.5 Å². The number of hydrogen-bond donors (Lipinski definition) is 1. The molecule has 0 spiro atoms. The Morgan fingerprint density at radius 3 is 2.31 bits per heavy atom. The average molecular weight is 395 g/mol. The summed E-state index contributed by atoms with van der Waals surface area (Å²) in [4.78, 5) is 0.206. The van der Waals surface area contributed by atoms with Crippen molar-refractivity contribution in [3.8, 4) is 0 Å². The smallest absolute Gasteiger partial charge is 0.241 e. The fourth-order valence-electron chi connectivity index (χ4n) is 3.16. The Kier molecular flexibility index (Phi) is 5.09. The molecule has 0 amide bonds. The number of hydrogen-bond acceptors (Lipinski definition) is 4. The Morgan fingerprint density at radius 1 is 1.04 bits per heavy atom. The summed E-state index contributed by atoms with van der Waals surface area (Å²) >= 11 is 0. The van der Waals surface area contributed by atoms with Crippen LogP contribution < -0.4 is 9.03 Å². The Labute approximate surface area is 155 Å². The molecule has 1 unspecified atom stereocenters. The normalized spacial score (nSPS) is 17.8. The van der Waals surface area contributed by atoms with Crippen LogP contribution in [0.3, 0.4) is 0 Å². The van der Waals surface area contributed by atoms with Crippen molar-refractivity contribution in [2.24, 2.45) is 0 Å². The van der Waals surface area contributed by atoms with E-state index in [-0.39, 0.29) is 11.4 Å². The second-order valence-electron chi connectivity index (χ2n) is 6.35. The number of sulfonamides is 2. The van der Waals surface area contributed by atoms with E-state index in [9.17, 15) is 16.8 Å². The van der Waals surface area contributed by atoms with E-state index in [2.05, 4.69) is 4.72 Å². The minimum atomic E-state index is -3.70. The van der Waals surface area contributed by atoms with Gasteiger partial charge in [-0.2, -0.15) is 0 Å². The Hall–Kier alpha value is -1.90. The van der Waals surface area contributed by atoms with Crippen LogP contribution in [0.15, 0.2) is 53.4 Å². The summed E-state index contributed by atoms with van der Waals surface area (Å²) in [6.45, 7) is 2.24. The summed E-state index contributed by atoms with van der Waals surface area (Å²) < 4.78 is 53.6. The van der Waals surface area contributed by atoms with Crippen molar-refractivity contribution in [1.82, 2.24) is 4.72 Å². The lowest BCUT2D eigenvalue weighted by molar-refractivity contribution is 0.530. The number of anilines is 1. The zero-order chi connectivity index (χ0) is 18.9. The van der Waals surface area contributed by atoms with Gasteiger partial charge in [-0.15, -0.1) is 0 Å². The third-order valence-corrected chi connectivity index (χ3v) is 7.21. The van der Waals surface area contributed by atoms with Crippen LogP contribution in [0.4, 0.5) is 5.69 Å². The number of nitrogens with one attached hydrogen (secondary N) is 1. The summed E-state index contributed by atoms with van der Waals surface area (Å²) in [5.41, 5.74) is 2.25. The SMILES string of the molecule is CCc1ccc(S(=O)(=O)NC2CCN(S(C)(=O)=O)c3ccccc32)cc1. The van der Waals surface area contributed by atoms with Crippen molar-refractivity contribution in [2.75, 3.05) is 17.1 Å². The largest absolute Gasteiger partial charge is 0.270 e. The maximum Gasteiger partial charge on any atom is 0.241 e. The summed E-state index contributed by atoms with van der Waals surface area (Å²) in [5.74, 6) is 0. The first-order valence-electron chi connectivity index (χ1n) is 8.40. The topological polar surface area (TPSA) is 83.6 Å². The monoisotopic (exact) mass is 394 g/mol. The molecule has 1 heterocycles. The summed E-state index contributed by atoms with van der Waals surface area (Å²) in [6.07, 6.45) is 2.37. The van der Waals surface area contributed by atoms with Gasteiger partial charge in [0, 0.05) is 6.54 Å². The van der Waals surface area contributed by atoms with Crippen molar-refractivity contribution in [3.05, 3.63) is 59.7 Å². The molecule has 0 aromatic heterocycles. The molecule has 2 aromatic rings. The van der Waals surface area contributed by atoms with Crippen LogP contribution in [-0.4, -0.2) is 29.6 Å². The van der Waals surface area contributed by atoms with Crippen LogP contribution in [0.1, 0.15) is 30.5 Å². The van der Waals surface area contributed by atoms with Crippen molar-refractivity contribution in [2.45, 2.75) is 30.7 Å². The number of nitrogens with zero attached hydrogens (tertiary/aromatic N) is 1. The molecule has 0 saturated carbocycles. The first-order chi connectivity index (χ1) is 12.2. The van der Waals surface area contributed by atoms with Crippen LogP contribution in [-0.2, 0) is 26.5 Å². The Bertz CT molecular complexity index is 1000. The molecule has 26 heavy (non-hydrogen) atoms. The fourth-order valence-corrected chi connectivity index (χ4v) is 5.37. The first-order valence-corrected chi connectivity index (χ1v) is 11.7. The zero-order valence-corrected chi connectivity index (χ0v) is 16.3. The molecular weight excluding hydrogens is 372 g/mol. The maximum absolute atomic E-state index is 12.7. The Balaban J connectivity index is 1.92. The van der Waals surface area contributed by atoms with Gasteiger partial charge in [0.25, 0.3) is 0 Å². The maximum atomic E-state index is 12.7. The molecule has 1 atom stereocenters. The lowest BCUT2D eigenvalue weighted by Crippen LogP contribution is -2.40. The molecule has 1 aliphatic heterocycles. The van der Waals surface area contributed by atoms with Gasteiger partial charge in [-0.3, -0.25) is 4.31 Å². The van der Waals surface area contributed by atoms with Gasteiger partial charge < -0.3 is 0 Å². The molecule has 1 N–H and O–H groups in total. The number of para-hydroxylation sites is 1. The number of benzene rings is 2. The van der Waals surface area contributed by atoms with Crippen molar-refractivity contribution in [3.63, 3.8) is 0 Å². The third-order valence-electron chi connectivity index (χ3n) is 4.54. The molecule has 0 saturated heterocycles. The van der Waals surface area contributed by atoms with Gasteiger partial charge in [0.1, 0.15) is 0 Å². The van der Waals surface area contributed by atoms with Crippen molar-refractivity contribution >= 4 is 25.7 Å². The van der Waals surface area contributed by atoms with Crippen LogP contribution in [0.5, 0.6) is 0 Å². The highest BCUT2D eigenvalue weighted by molar-refractivity contribution is 7.92. The standard InChI is InChI=1S/C18H22N2O4S2/c1-3-14-8-10-15(11-9-14)26(23,24)19-17-12-13-20(25(2,21)22)18-7-5-4-6-16(17)18/h4-11,17,19H,3,12-13H2,1-2H3. The van der Waals surface area contributed by atoms with Crippen molar-refractivity contribution in [1.29, 1.82) is 0 Å². The van der Waals surface area contributed by atoms with E-state index >= 15 is 0 Å². The molecule has 8 heteroatoms. The van der Waals surface area contributed by atoms with Crippen LogP contribution in [0, 0.1) is 0 Å².